The fraction of sp³-hybridized carbons (Fsp3) is 0.364. The van der Waals surface area contributed by atoms with Crippen LogP contribution < -0.4 is 20.9 Å². The molecule has 0 heterocycles. The summed E-state index contributed by atoms with van der Waals surface area (Å²) in [5.74, 6) is 0.134. The van der Waals surface area contributed by atoms with Crippen molar-refractivity contribution < 1.29 is 14.3 Å². The largest absolute Gasteiger partial charge is 0.493 e. The van der Waals surface area contributed by atoms with E-state index in [1.807, 2.05) is 0 Å². The Hall–Kier alpha value is -1.46. The van der Waals surface area contributed by atoms with Gasteiger partial charge in [-0.1, -0.05) is 11.6 Å². The van der Waals surface area contributed by atoms with Crippen LogP contribution in [0.3, 0.4) is 0 Å². The lowest BCUT2D eigenvalue weighted by molar-refractivity contribution is -0.124. The number of ether oxygens (including phenoxy) is 2. The van der Waals surface area contributed by atoms with Gasteiger partial charge in [0, 0.05) is 6.54 Å². The number of carbonyl (C=O) groups is 1. The number of primary amides is 1. The number of hydrogen-bond acceptors (Lipinski definition) is 4. The van der Waals surface area contributed by atoms with E-state index >= 15 is 0 Å². The van der Waals surface area contributed by atoms with Crippen LogP contribution in [0, 0.1) is 0 Å². The lowest BCUT2D eigenvalue weighted by atomic mass is 10.2. The van der Waals surface area contributed by atoms with Crippen LogP contribution in [-0.4, -0.2) is 19.1 Å². The van der Waals surface area contributed by atoms with Crippen LogP contribution >= 0.6 is 11.6 Å². The van der Waals surface area contributed by atoms with Gasteiger partial charge in [0.25, 0.3) is 5.91 Å². The molecular weight excluding hydrogens is 244 g/mol. The first-order chi connectivity index (χ1) is 7.99. The van der Waals surface area contributed by atoms with E-state index in [9.17, 15) is 4.79 Å². The average Bonchev–Trinajstić information content (AvgIpc) is 2.30. The van der Waals surface area contributed by atoms with Crippen LogP contribution in [0.5, 0.6) is 11.5 Å². The van der Waals surface area contributed by atoms with E-state index < -0.39 is 12.0 Å². The normalized spacial score (nSPS) is 12.0. The SMILES string of the molecule is COc1cc(CN)cc(Cl)c1OC(C)C(N)=O. The van der Waals surface area contributed by atoms with Crippen LogP contribution in [0.4, 0.5) is 0 Å². The number of benzene rings is 1. The molecule has 0 saturated heterocycles. The fourth-order valence-electron chi connectivity index (χ4n) is 1.24. The molecule has 0 aliphatic rings. The van der Waals surface area contributed by atoms with Gasteiger partial charge in [-0.2, -0.15) is 0 Å². The number of carbonyl (C=O) groups excluding carboxylic acids is 1. The zero-order chi connectivity index (χ0) is 13.0. The van der Waals surface area contributed by atoms with E-state index in [0.29, 0.717) is 17.3 Å². The molecule has 1 atom stereocenters. The first-order valence-electron chi connectivity index (χ1n) is 5.02. The topological polar surface area (TPSA) is 87.6 Å². The number of halogens is 1. The van der Waals surface area contributed by atoms with Crippen molar-refractivity contribution >= 4 is 17.5 Å². The standard InChI is InChI=1S/C11H15ClN2O3/c1-6(11(14)15)17-10-8(12)3-7(5-13)4-9(10)16-2/h3-4,6H,5,13H2,1-2H3,(H2,14,15). The summed E-state index contributed by atoms with van der Waals surface area (Å²) >= 11 is 6.03. The van der Waals surface area contributed by atoms with Gasteiger partial charge in [-0.25, -0.2) is 0 Å². The third-order valence-electron chi connectivity index (χ3n) is 2.22. The first kappa shape index (κ1) is 13.6. The Morgan fingerprint density at radius 1 is 1.53 bits per heavy atom. The summed E-state index contributed by atoms with van der Waals surface area (Å²) in [5, 5.41) is 0.331. The van der Waals surface area contributed by atoms with Gasteiger partial charge >= 0.3 is 0 Å². The highest BCUT2D eigenvalue weighted by atomic mass is 35.5. The zero-order valence-corrected chi connectivity index (χ0v) is 10.5. The number of methoxy groups -OCH3 is 1. The lowest BCUT2D eigenvalue weighted by Gasteiger charge is -2.16. The predicted octanol–water partition coefficient (Wildman–Crippen LogP) is 1.06. The molecule has 0 aromatic heterocycles. The summed E-state index contributed by atoms with van der Waals surface area (Å²) in [6.45, 7) is 1.87. The Bertz CT molecular complexity index is 423. The summed E-state index contributed by atoms with van der Waals surface area (Å²) in [7, 11) is 1.48. The third kappa shape index (κ3) is 3.25. The quantitative estimate of drug-likeness (QED) is 0.827. The fourth-order valence-corrected chi connectivity index (χ4v) is 1.52. The maximum absolute atomic E-state index is 10.9. The van der Waals surface area contributed by atoms with Crippen molar-refractivity contribution in [3.8, 4) is 11.5 Å². The second-order valence-corrected chi connectivity index (χ2v) is 3.88. The van der Waals surface area contributed by atoms with Crippen LogP contribution in [0.2, 0.25) is 5.02 Å². The molecule has 0 aliphatic carbocycles. The molecule has 0 bridgehead atoms. The summed E-state index contributed by atoms with van der Waals surface area (Å²) in [6, 6.07) is 3.36. The van der Waals surface area contributed by atoms with Gasteiger partial charge in [0.05, 0.1) is 12.1 Å². The molecule has 1 rings (SSSR count). The van der Waals surface area contributed by atoms with Crippen molar-refractivity contribution in [3.63, 3.8) is 0 Å². The maximum Gasteiger partial charge on any atom is 0.258 e. The molecule has 0 fully saturated rings. The highest BCUT2D eigenvalue weighted by molar-refractivity contribution is 6.32. The van der Waals surface area contributed by atoms with E-state index in [2.05, 4.69) is 0 Å². The van der Waals surface area contributed by atoms with E-state index in [-0.39, 0.29) is 5.75 Å². The minimum atomic E-state index is -0.787. The first-order valence-corrected chi connectivity index (χ1v) is 5.39. The molecule has 94 valence electrons. The molecule has 5 nitrogen and oxygen atoms in total. The molecule has 1 aromatic carbocycles. The summed E-state index contributed by atoms with van der Waals surface area (Å²) in [5.41, 5.74) is 11.4. The molecule has 0 radical (unpaired) electrons. The molecule has 0 spiro atoms. The van der Waals surface area contributed by atoms with Crippen molar-refractivity contribution in [2.75, 3.05) is 7.11 Å². The highest BCUT2D eigenvalue weighted by Gasteiger charge is 2.17. The second-order valence-electron chi connectivity index (χ2n) is 3.48. The average molecular weight is 259 g/mol. The Kier molecular flexibility index (Phi) is 4.60. The van der Waals surface area contributed by atoms with Gasteiger partial charge < -0.3 is 20.9 Å². The van der Waals surface area contributed by atoms with Crippen LogP contribution in [-0.2, 0) is 11.3 Å². The molecule has 0 saturated carbocycles. The number of nitrogens with two attached hydrogens (primary N) is 2. The lowest BCUT2D eigenvalue weighted by Crippen LogP contribution is -2.30. The van der Waals surface area contributed by atoms with Crippen molar-refractivity contribution in [2.45, 2.75) is 19.6 Å². The number of hydrogen-bond donors (Lipinski definition) is 2. The Morgan fingerprint density at radius 3 is 2.65 bits per heavy atom. The van der Waals surface area contributed by atoms with Crippen molar-refractivity contribution in [1.29, 1.82) is 0 Å². The van der Waals surface area contributed by atoms with Crippen molar-refractivity contribution in [1.82, 2.24) is 0 Å². The molecule has 6 heteroatoms. The zero-order valence-electron chi connectivity index (χ0n) is 9.70. The summed E-state index contributed by atoms with van der Waals surface area (Å²) in [4.78, 5) is 10.9. The minimum absolute atomic E-state index is 0.290. The van der Waals surface area contributed by atoms with Crippen molar-refractivity contribution in [2.24, 2.45) is 11.5 Å². The number of amides is 1. The molecular formula is C11H15ClN2O3. The molecule has 1 aromatic rings. The van der Waals surface area contributed by atoms with Gasteiger partial charge in [-0.15, -0.1) is 0 Å². The third-order valence-corrected chi connectivity index (χ3v) is 2.50. The van der Waals surface area contributed by atoms with Gasteiger partial charge in [0.2, 0.25) is 0 Å². The van der Waals surface area contributed by atoms with Gasteiger partial charge in [-0.3, -0.25) is 4.79 Å². The summed E-state index contributed by atoms with van der Waals surface area (Å²) in [6.07, 6.45) is -0.787. The van der Waals surface area contributed by atoms with Gasteiger partial charge in [-0.05, 0) is 24.6 Å². The van der Waals surface area contributed by atoms with Crippen molar-refractivity contribution in [3.05, 3.63) is 22.7 Å². The molecule has 0 aliphatic heterocycles. The molecule has 4 N–H and O–H groups in total. The van der Waals surface area contributed by atoms with Crippen LogP contribution in [0.1, 0.15) is 12.5 Å². The van der Waals surface area contributed by atoms with E-state index in [1.54, 1.807) is 12.1 Å². The summed E-state index contributed by atoms with van der Waals surface area (Å²) < 4.78 is 10.5. The maximum atomic E-state index is 10.9. The highest BCUT2D eigenvalue weighted by Crippen LogP contribution is 2.36. The van der Waals surface area contributed by atoms with E-state index in [0.717, 1.165) is 5.56 Å². The van der Waals surface area contributed by atoms with E-state index in [4.69, 9.17) is 32.5 Å². The second kappa shape index (κ2) is 5.75. The van der Waals surface area contributed by atoms with Gasteiger partial charge in [0.15, 0.2) is 17.6 Å². The molecule has 17 heavy (non-hydrogen) atoms. The Morgan fingerprint density at radius 2 is 2.18 bits per heavy atom. The Balaban J connectivity index is 3.09. The predicted molar refractivity (Wildman–Crippen MR) is 65.2 cm³/mol. The number of rotatable bonds is 5. The minimum Gasteiger partial charge on any atom is -0.493 e. The Labute approximate surface area is 105 Å². The van der Waals surface area contributed by atoms with Gasteiger partial charge in [0.1, 0.15) is 0 Å². The molecule has 1 unspecified atom stereocenters. The van der Waals surface area contributed by atoms with E-state index in [1.165, 1.54) is 14.0 Å². The smallest absolute Gasteiger partial charge is 0.258 e. The van der Waals surface area contributed by atoms with Crippen LogP contribution in [0.25, 0.3) is 0 Å². The monoisotopic (exact) mass is 258 g/mol. The molecule has 1 amide bonds. The van der Waals surface area contributed by atoms with Crippen LogP contribution in [0.15, 0.2) is 12.1 Å².